The molecule has 162 valence electrons. The largest absolute Gasteiger partial charge is 0.355 e. The molecule has 10 nitrogen and oxygen atoms in total. The lowest BCUT2D eigenvalue weighted by Crippen LogP contribution is -2.46. The van der Waals surface area contributed by atoms with Crippen LogP contribution < -0.4 is 9.80 Å². The minimum absolute atomic E-state index is 0.168. The molecule has 0 aliphatic carbocycles. The van der Waals surface area contributed by atoms with Crippen molar-refractivity contribution in [2.75, 3.05) is 22.9 Å². The molecule has 6 rings (SSSR count). The quantitative estimate of drug-likeness (QED) is 0.489. The summed E-state index contributed by atoms with van der Waals surface area (Å²) < 4.78 is 3.75. The summed E-state index contributed by atoms with van der Waals surface area (Å²) in [5, 5.41) is 4.27. The van der Waals surface area contributed by atoms with Gasteiger partial charge in [-0.15, -0.1) is 0 Å². The molecule has 0 N–H and O–H groups in total. The third-order valence-electron chi connectivity index (χ3n) is 6.48. The Morgan fingerprint density at radius 1 is 1.09 bits per heavy atom. The number of fused-ring (bicyclic) bond motifs is 2. The first kappa shape index (κ1) is 18.9. The van der Waals surface area contributed by atoms with Crippen LogP contribution >= 0.6 is 0 Å². The van der Waals surface area contributed by atoms with Crippen LogP contribution in [-0.2, 0) is 25.3 Å². The van der Waals surface area contributed by atoms with Crippen LogP contribution in [0.2, 0.25) is 0 Å². The van der Waals surface area contributed by atoms with E-state index in [4.69, 9.17) is 4.98 Å². The Morgan fingerprint density at radius 3 is 2.72 bits per heavy atom. The van der Waals surface area contributed by atoms with E-state index in [1.165, 1.54) is 0 Å². The Morgan fingerprint density at radius 2 is 1.94 bits per heavy atom. The maximum atomic E-state index is 12.7. The number of nitrogens with zero attached hydrogens (tertiary/aromatic N) is 9. The number of hydrogen-bond donors (Lipinski definition) is 0. The van der Waals surface area contributed by atoms with E-state index in [9.17, 15) is 4.79 Å². The van der Waals surface area contributed by atoms with Crippen molar-refractivity contribution in [3.05, 3.63) is 42.7 Å². The number of anilines is 2. The Balaban J connectivity index is 1.27. The number of imidazole rings is 1. The van der Waals surface area contributed by atoms with Gasteiger partial charge >= 0.3 is 0 Å². The summed E-state index contributed by atoms with van der Waals surface area (Å²) in [7, 11) is 3.85. The Labute approximate surface area is 184 Å². The second kappa shape index (κ2) is 7.11. The molecule has 1 saturated heterocycles. The first-order valence-electron chi connectivity index (χ1n) is 10.8. The molecule has 0 atom stereocenters. The molecule has 4 aromatic heterocycles. The standard InChI is InChI=1S/C22H23N9O/c1-28-12-15(11-26-28)20-27-19-21(29(20)2)24-13-25-22(19)30-7-4-16(5-8-30)31-17-3-6-23-10-14(17)9-18(31)32/h3,6,10-13,16H,4-5,7-9H2,1-2H3. The molecule has 0 unspecified atom stereocenters. The van der Waals surface area contributed by atoms with Crippen LogP contribution in [0.1, 0.15) is 18.4 Å². The average Bonchev–Trinajstić information content (AvgIpc) is 3.48. The number of carbonyl (C=O) groups excluding carboxylic acids is 1. The van der Waals surface area contributed by atoms with Gasteiger partial charge in [-0.3, -0.25) is 14.5 Å². The summed E-state index contributed by atoms with van der Waals surface area (Å²) in [6.07, 6.45) is 11.1. The summed E-state index contributed by atoms with van der Waals surface area (Å²) in [6, 6.07) is 2.14. The lowest BCUT2D eigenvalue weighted by molar-refractivity contribution is -0.117. The van der Waals surface area contributed by atoms with Gasteiger partial charge < -0.3 is 14.4 Å². The van der Waals surface area contributed by atoms with Gasteiger partial charge in [0.05, 0.1) is 23.9 Å². The highest BCUT2D eigenvalue weighted by Gasteiger charge is 2.35. The number of carbonyl (C=O) groups is 1. The summed E-state index contributed by atoms with van der Waals surface area (Å²) >= 11 is 0. The van der Waals surface area contributed by atoms with Gasteiger partial charge in [-0.25, -0.2) is 15.0 Å². The molecule has 1 amide bonds. The smallest absolute Gasteiger partial charge is 0.231 e. The summed E-state index contributed by atoms with van der Waals surface area (Å²) in [5.41, 5.74) is 4.57. The third kappa shape index (κ3) is 2.86. The highest BCUT2D eigenvalue weighted by Crippen LogP contribution is 2.34. The van der Waals surface area contributed by atoms with Crippen molar-refractivity contribution < 1.29 is 4.79 Å². The molecule has 1 fully saturated rings. The monoisotopic (exact) mass is 429 g/mol. The van der Waals surface area contributed by atoms with Crippen molar-refractivity contribution in [3.8, 4) is 11.4 Å². The molecule has 0 spiro atoms. The number of amides is 1. The van der Waals surface area contributed by atoms with E-state index in [-0.39, 0.29) is 11.9 Å². The maximum absolute atomic E-state index is 12.7. The topological polar surface area (TPSA) is 97.9 Å². The van der Waals surface area contributed by atoms with E-state index in [1.807, 2.05) is 35.8 Å². The summed E-state index contributed by atoms with van der Waals surface area (Å²) in [4.78, 5) is 35.0. The second-order valence-electron chi connectivity index (χ2n) is 8.43. The molecule has 2 aliphatic heterocycles. The highest BCUT2D eigenvalue weighted by atomic mass is 16.2. The molecule has 6 heterocycles. The normalized spacial score (nSPS) is 16.9. The van der Waals surface area contributed by atoms with Crippen LogP contribution in [0.5, 0.6) is 0 Å². The van der Waals surface area contributed by atoms with Crippen molar-refractivity contribution in [1.29, 1.82) is 0 Å². The zero-order valence-electron chi connectivity index (χ0n) is 18.0. The van der Waals surface area contributed by atoms with Crippen molar-refractivity contribution in [1.82, 2.24) is 34.3 Å². The molecule has 32 heavy (non-hydrogen) atoms. The SMILES string of the molecule is Cn1cc(-c2nc3c(N4CCC(N5C(=O)Cc6cnccc65)CC4)ncnc3n2C)cn1. The van der Waals surface area contributed by atoms with E-state index in [0.29, 0.717) is 6.42 Å². The fraction of sp³-hybridized carbons (Fsp3) is 0.364. The van der Waals surface area contributed by atoms with Gasteiger partial charge in [0.15, 0.2) is 17.0 Å². The van der Waals surface area contributed by atoms with Gasteiger partial charge in [0.1, 0.15) is 12.2 Å². The van der Waals surface area contributed by atoms with E-state index >= 15 is 0 Å². The van der Waals surface area contributed by atoms with Crippen LogP contribution in [0.15, 0.2) is 37.2 Å². The van der Waals surface area contributed by atoms with Crippen molar-refractivity contribution >= 4 is 28.6 Å². The van der Waals surface area contributed by atoms with Gasteiger partial charge in [0, 0.05) is 57.4 Å². The molecule has 0 saturated carbocycles. The van der Waals surface area contributed by atoms with Gasteiger partial charge in [-0.1, -0.05) is 0 Å². The molecule has 10 heteroatoms. The molecule has 4 aromatic rings. The molecule has 2 aliphatic rings. The summed E-state index contributed by atoms with van der Waals surface area (Å²) in [5.74, 6) is 1.83. The van der Waals surface area contributed by atoms with Crippen LogP contribution in [0, 0.1) is 0 Å². The molecular weight excluding hydrogens is 406 g/mol. The Hall–Kier alpha value is -3.82. The Bertz CT molecular complexity index is 1330. The number of hydrogen-bond acceptors (Lipinski definition) is 7. The second-order valence-corrected chi connectivity index (χ2v) is 8.43. The summed E-state index contributed by atoms with van der Waals surface area (Å²) in [6.45, 7) is 1.61. The number of piperidine rings is 1. The first-order chi connectivity index (χ1) is 15.6. The zero-order valence-corrected chi connectivity index (χ0v) is 18.0. The van der Waals surface area contributed by atoms with E-state index in [1.54, 1.807) is 29.6 Å². The van der Waals surface area contributed by atoms with Gasteiger partial charge in [-0.2, -0.15) is 5.10 Å². The lowest BCUT2D eigenvalue weighted by Gasteiger charge is -2.37. The highest BCUT2D eigenvalue weighted by molar-refractivity contribution is 6.01. The molecular formula is C22H23N9O. The van der Waals surface area contributed by atoms with Crippen LogP contribution in [-0.4, -0.2) is 59.3 Å². The molecule has 0 bridgehead atoms. The first-order valence-corrected chi connectivity index (χ1v) is 10.8. The number of pyridine rings is 1. The van der Waals surface area contributed by atoms with Gasteiger partial charge in [0.25, 0.3) is 0 Å². The van der Waals surface area contributed by atoms with E-state index in [0.717, 1.165) is 65.6 Å². The van der Waals surface area contributed by atoms with Crippen molar-refractivity contribution in [3.63, 3.8) is 0 Å². The Kier molecular flexibility index (Phi) is 4.20. The van der Waals surface area contributed by atoms with Crippen molar-refractivity contribution in [2.24, 2.45) is 14.1 Å². The van der Waals surface area contributed by atoms with E-state index in [2.05, 4.69) is 25.0 Å². The molecule has 0 radical (unpaired) electrons. The maximum Gasteiger partial charge on any atom is 0.231 e. The third-order valence-corrected chi connectivity index (χ3v) is 6.48. The predicted octanol–water partition coefficient (Wildman–Crippen LogP) is 1.72. The zero-order chi connectivity index (χ0) is 21.8. The van der Waals surface area contributed by atoms with Crippen LogP contribution in [0.3, 0.4) is 0 Å². The van der Waals surface area contributed by atoms with Crippen LogP contribution in [0.25, 0.3) is 22.6 Å². The number of aromatic nitrogens is 7. The lowest BCUT2D eigenvalue weighted by atomic mass is 10.0. The van der Waals surface area contributed by atoms with Crippen molar-refractivity contribution in [2.45, 2.75) is 25.3 Å². The predicted molar refractivity (Wildman–Crippen MR) is 119 cm³/mol. The fourth-order valence-corrected chi connectivity index (χ4v) is 4.92. The minimum atomic E-state index is 0.168. The van der Waals surface area contributed by atoms with Gasteiger partial charge in [0.2, 0.25) is 5.91 Å². The number of rotatable bonds is 3. The number of aryl methyl sites for hydroxylation is 2. The fourth-order valence-electron chi connectivity index (χ4n) is 4.92. The van der Waals surface area contributed by atoms with Crippen LogP contribution in [0.4, 0.5) is 11.5 Å². The van der Waals surface area contributed by atoms with E-state index < -0.39 is 0 Å². The minimum Gasteiger partial charge on any atom is -0.355 e. The van der Waals surface area contributed by atoms with Gasteiger partial charge in [-0.05, 0) is 18.9 Å². The molecule has 0 aromatic carbocycles. The average molecular weight is 429 g/mol.